The van der Waals surface area contributed by atoms with Crippen LogP contribution >= 0.6 is 0 Å². The van der Waals surface area contributed by atoms with E-state index in [9.17, 15) is 9.90 Å². The van der Waals surface area contributed by atoms with Gasteiger partial charge in [0.2, 0.25) is 0 Å². The maximum Gasteiger partial charge on any atom is 0.275 e. The Morgan fingerprint density at radius 1 is 0.963 bits per heavy atom. The van der Waals surface area contributed by atoms with E-state index in [2.05, 4.69) is 10.5 Å². The Labute approximate surface area is 157 Å². The van der Waals surface area contributed by atoms with Gasteiger partial charge in [0.05, 0.1) is 11.3 Å². The molecule has 0 saturated carbocycles. The number of nitrogens with one attached hydrogen (secondary N) is 1. The number of carbonyl (C=O) groups is 1. The summed E-state index contributed by atoms with van der Waals surface area (Å²) in [6, 6.07) is 23.4. The van der Waals surface area contributed by atoms with E-state index in [-0.39, 0.29) is 11.7 Å². The fourth-order valence-corrected chi connectivity index (χ4v) is 2.48. The van der Waals surface area contributed by atoms with E-state index in [0.29, 0.717) is 23.6 Å². The van der Waals surface area contributed by atoms with Gasteiger partial charge in [0, 0.05) is 0 Å². The summed E-state index contributed by atoms with van der Waals surface area (Å²) in [5.41, 5.74) is 5.43. The van der Waals surface area contributed by atoms with Crippen LogP contribution < -0.4 is 10.2 Å². The smallest absolute Gasteiger partial charge is 0.275 e. The highest BCUT2D eigenvalue weighted by atomic mass is 16.5. The molecule has 0 bridgehead atoms. The number of hydrogen-bond donors (Lipinski definition) is 2. The van der Waals surface area contributed by atoms with Gasteiger partial charge in [0.1, 0.15) is 18.1 Å². The van der Waals surface area contributed by atoms with Gasteiger partial charge in [0.15, 0.2) is 0 Å². The number of hydrazone groups is 1. The molecular weight excluding hydrogens is 340 g/mol. The number of carbonyl (C=O) groups excluding carboxylic acids is 1. The van der Waals surface area contributed by atoms with E-state index in [1.165, 1.54) is 0 Å². The molecule has 5 nitrogen and oxygen atoms in total. The summed E-state index contributed by atoms with van der Waals surface area (Å²) < 4.78 is 5.81. The van der Waals surface area contributed by atoms with E-state index >= 15 is 0 Å². The minimum absolute atomic E-state index is 0.181. The summed E-state index contributed by atoms with van der Waals surface area (Å²) in [5, 5.41) is 13.5. The third-order valence-electron chi connectivity index (χ3n) is 3.98. The van der Waals surface area contributed by atoms with Crippen LogP contribution in [0, 0.1) is 0 Å². The van der Waals surface area contributed by atoms with E-state index < -0.39 is 0 Å². The lowest BCUT2D eigenvalue weighted by molar-refractivity contribution is 0.0950. The first kappa shape index (κ1) is 18.2. The van der Waals surface area contributed by atoms with E-state index in [1.807, 2.05) is 36.4 Å². The zero-order chi connectivity index (χ0) is 19.1. The number of benzene rings is 3. The van der Waals surface area contributed by atoms with Crippen molar-refractivity contribution in [3.05, 3.63) is 95.6 Å². The molecule has 3 aromatic rings. The summed E-state index contributed by atoms with van der Waals surface area (Å²) in [6.07, 6.45) is 0. The van der Waals surface area contributed by atoms with Crippen molar-refractivity contribution in [1.82, 2.24) is 5.43 Å². The summed E-state index contributed by atoms with van der Waals surface area (Å²) in [4.78, 5) is 12.5. The predicted octanol–water partition coefficient (Wildman–Crippen LogP) is 4.13. The number of phenolic OH excluding ortho intramolecular Hbond substituents is 1. The van der Waals surface area contributed by atoms with Gasteiger partial charge in [-0.1, -0.05) is 42.5 Å². The fourth-order valence-electron chi connectivity index (χ4n) is 2.48. The van der Waals surface area contributed by atoms with Crippen LogP contribution in [0.2, 0.25) is 0 Å². The maximum atomic E-state index is 12.5. The van der Waals surface area contributed by atoms with Crippen molar-refractivity contribution in [2.75, 3.05) is 0 Å². The molecule has 27 heavy (non-hydrogen) atoms. The Morgan fingerprint density at radius 2 is 1.63 bits per heavy atom. The quantitative estimate of drug-likeness (QED) is 0.513. The third-order valence-corrected chi connectivity index (χ3v) is 3.98. The molecule has 0 atom stereocenters. The van der Waals surface area contributed by atoms with Crippen LogP contribution in [0.5, 0.6) is 11.5 Å². The zero-order valence-electron chi connectivity index (χ0n) is 14.9. The van der Waals surface area contributed by atoms with E-state index in [1.54, 1.807) is 49.4 Å². The molecule has 1 amide bonds. The number of rotatable bonds is 6. The molecule has 0 heterocycles. The lowest BCUT2D eigenvalue weighted by Crippen LogP contribution is -2.20. The molecule has 0 aliphatic rings. The number of amides is 1. The van der Waals surface area contributed by atoms with Gasteiger partial charge in [-0.25, -0.2) is 5.43 Å². The minimum Gasteiger partial charge on any atom is -0.508 e. The molecule has 0 aliphatic heterocycles. The average molecular weight is 360 g/mol. The second-order valence-corrected chi connectivity index (χ2v) is 5.96. The third kappa shape index (κ3) is 4.95. The number of ether oxygens (including phenoxy) is 1. The van der Waals surface area contributed by atoms with Crippen molar-refractivity contribution < 1.29 is 14.6 Å². The van der Waals surface area contributed by atoms with Gasteiger partial charge in [-0.2, -0.15) is 5.10 Å². The van der Waals surface area contributed by atoms with Crippen molar-refractivity contribution in [2.45, 2.75) is 13.5 Å². The molecule has 5 heteroatoms. The van der Waals surface area contributed by atoms with Crippen LogP contribution in [0.4, 0.5) is 0 Å². The van der Waals surface area contributed by atoms with Gasteiger partial charge >= 0.3 is 0 Å². The van der Waals surface area contributed by atoms with Crippen molar-refractivity contribution in [2.24, 2.45) is 5.10 Å². The summed E-state index contributed by atoms with van der Waals surface area (Å²) >= 11 is 0. The molecule has 3 rings (SSSR count). The van der Waals surface area contributed by atoms with Crippen LogP contribution in [-0.4, -0.2) is 16.7 Å². The van der Waals surface area contributed by atoms with Gasteiger partial charge in [-0.05, 0) is 54.4 Å². The number of nitrogens with zero attached hydrogens (tertiary/aromatic N) is 1. The Morgan fingerprint density at radius 3 is 2.37 bits per heavy atom. The Balaban J connectivity index is 1.69. The second-order valence-electron chi connectivity index (χ2n) is 5.96. The van der Waals surface area contributed by atoms with Crippen molar-refractivity contribution in [1.29, 1.82) is 0 Å². The van der Waals surface area contributed by atoms with Crippen LogP contribution in [0.25, 0.3) is 0 Å². The highest BCUT2D eigenvalue weighted by Crippen LogP contribution is 2.19. The van der Waals surface area contributed by atoms with Gasteiger partial charge in [-0.3, -0.25) is 4.79 Å². The number of para-hydroxylation sites is 1. The molecule has 2 N–H and O–H groups in total. The SMILES string of the molecule is C/C(=N\NC(=O)c1ccccc1OCc1ccccc1)c1ccc(O)cc1. The number of phenols is 1. The largest absolute Gasteiger partial charge is 0.508 e. The van der Waals surface area contributed by atoms with Crippen molar-refractivity contribution >= 4 is 11.6 Å². The Hall–Kier alpha value is -3.60. The number of aromatic hydroxyl groups is 1. The van der Waals surface area contributed by atoms with Crippen molar-refractivity contribution in [3.63, 3.8) is 0 Å². The van der Waals surface area contributed by atoms with E-state index in [0.717, 1.165) is 11.1 Å². The minimum atomic E-state index is -0.350. The molecule has 0 aliphatic carbocycles. The highest BCUT2D eigenvalue weighted by Gasteiger charge is 2.12. The van der Waals surface area contributed by atoms with Crippen molar-refractivity contribution in [3.8, 4) is 11.5 Å². The molecule has 0 saturated heterocycles. The Kier molecular flexibility index (Phi) is 5.84. The number of hydrogen-bond acceptors (Lipinski definition) is 4. The topological polar surface area (TPSA) is 70.9 Å². The lowest BCUT2D eigenvalue weighted by atomic mass is 10.1. The first-order valence-electron chi connectivity index (χ1n) is 8.53. The van der Waals surface area contributed by atoms with Crippen LogP contribution in [0.15, 0.2) is 84.0 Å². The molecule has 3 aromatic carbocycles. The molecule has 0 unspecified atom stereocenters. The fraction of sp³-hybridized carbons (Fsp3) is 0.0909. The summed E-state index contributed by atoms with van der Waals surface area (Å²) in [7, 11) is 0. The first-order valence-corrected chi connectivity index (χ1v) is 8.53. The Bertz CT molecular complexity index is 935. The summed E-state index contributed by atoms with van der Waals surface area (Å²) in [5.74, 6) is 0.327. The molecule has 0 aromatic heterocycles. The normalized spacial score (nSPS) is 11.1. The average Bonchev–Trinajstić information content (AvgIpc) is 2.71. The monoisotopic (exact) mass is 360 g/mol. The molecule has 136 valence electrons. The molecular formula is C22H20N2O3. The second kappa shape index (κ2) is 8.67. The maximum absolute atomic E-state index is 12.5. The first-order chi connectivity index (χ1) is 13.1. The highest BCUT2D eigenvalue weighted by molar-refractivity contribution is 6.01. The predicted molar refractivity (Wildman–Crippen MR) is 105 cm³/mol. The van der Waals surface area contributed by atoms with Gasteiger partial charge in [-0.15, -0.1) is 0 Å². The molecule has 0 spiro atoms. The van der Waals surface area contributed by atoms with Gasteiger partial charge < -0.3 is 9.84 Å². The zero-order valence-corrected chi connectivity index (χ0v) is 14.9. The van der Waals surface area contributed by atoms with Crippen LogP contribution in [-0.2, 0) is 6.61 Å². The molecule has 0 fully saturated rings. The van der Waals surface area contributed by atoms with E-state index in [4.69, 9.17) is 4.74 Å². The van der Waals surface area contributed by atoms with Crippen LogP contribution in [0.1, 0.15) is 28.4 Å². The lowest BCUT2D eigenvalue weighted by Gasteiger charge is -2.11. The molecule has 0 radical (unpaired) electrons. The van der Waals surface area contributed by atoms with Gasteiger partial charge in [0.25, 0.3) is 5.91 Å². The van der Waals surface area contributed by atoms with Crippen LogP contribution in [0.3, 0.4) is 0 Å². The standard InChI is InChI=1S/C22H20N2O3/c1-16(18-11-13-19(25)14-12-18)23-24-22(26)20-9-5-6-10-21(20)27-15-17-7-3-2-4-8-17/h2-14,25H,15H2,1H3,(H,24,26)/b23-16+. The summed E-state index contributed by atoms with van der Waals surface area (Å²) in [6.45, 7) is 2.16.